The summed E-state index contributed by atoms with van der Waals surface area (Å²) < 4.78 is 10.4. The summed E-state index contributed by atoms with van der Waals surface area (Å²) in [4.78, 5) is 8.70. The van der Waals surface area contributed by atoms with E-state index in [4.69, 9.17) is 21.1 Å². The standard InChI is InChI=1S/C15H18ClN3O2/c1-4-17-13(10-7-5-6-8-11(10)16)14-15(21-3)19-12(20-2)9-18-14/h5-9,13,17H,4H2,1-3H3. The average molecular weight is 308 g/mol. The normalized spacial score (nSPS) is 12.0. The van der Waals surface area contributed by atoms with Crippen LogP contribution in [0.2, 0.25) is 5.02 Å². The van der Waals surface area contributed by atoms with E-state index < -0.39 is 0 Å². The number of nitrogens with zero attached hydrogens (tertiary/aromatic N) is 2. The largest absolute Gasteiger partial charge is 0.480 e. The van der Waals surface area contributed by atoms with Gasteiger partial charge in [-0.05, 0) is 18.2 Å². The first-order valence-corrected chi connectivity index (χ1v) is 7.01. The molecule has 1 unspecified atom stereocenters. The Morgan fingerprint density at radius 1 is 1.24 bits per heavy atom. The van der Waals surface area contributed by atoms with Crippen molar-refractivity contribution in [2.24, 2.45) is 0 Å². The van der Waals surface area contributed by atoms with Gasteiger partial charge in [0.2, 0.25) is 11.8 Å². The van der Waals surface area contributed by atoms with Crippen molar-refractivity contribution >= 4 is 11.6 Å². The number of nitrogens with one attached hydrogen (secondary N) is 1. The highest BCUT2D eigenvalue weighted by Crippen LogP contribution is 2.31. The molecular formula is C15H18ClN3O2. The fourth-order valence-corrected chi connectivity index (χ4v) is 2.32. The molecule has 0 saturated heterocycles. The number of hydrogen-bond donors (Lipinski definition) is 1. The Balaban J connectivity index is 2.50. The second-order valence-corrected chi connectivity index (χ2v) is 4.73. The van der Waals surface area contributed by atoms with Crippen LogP contribution < -0.4 is 14.8 Å². The quantitative estimate of drug-likeness (QED) is 0.889. The third-order valence-electron chi connectivity index (χ3n) is 3.05. The van der Waals surface area contributed by atoms with Gasteiger partial charge in [0.15, 0.2) is 0 Å². The van der Waals surface area contributed by atoms with Crippen molar-refractivity contribution < 1.29 is 9.47 Å². The summed E-state index contributed by atoms with van der Waals surface area (Å²) in [5.41, 5.74) is 1.60. The molecule has 0 saturated carbocycles. The predicted molar refractivity (Wildman–Crippen MR) is 82.1 cm³/mol. The summed E-state index contributed by atoms with van der Waals surface area (Å²) >= 11 is 6.31. The smallest absolute Gasteiger partial charge is 0.240 e. The summed E-state index contributed by atoms with van der Waals surface area (Å²) in [6, 6.07) is 7.45. The van der Waals surface area contributed by atoms with Gasteiger partial charge in [0.1, 0.15) is 5.69 Å². The van der Waals surface area contributed by atoms with Gasteiger partial charge < -0.3 is 14.8 Å². The fourth-order valence-electron chi connectivity index (χ4n) is 2.08. The lowest BCUT2D eigenvalue weighted by Gasteiger charge is -2.20. The molecule has 0 aliphatic carbocycles. The molecule has 0 fully saturated rings. The van der Waals surface area contributed by atoms with Gasteiger partial charge in [0.25, 0.3) is 0 Å². The Morgan fingerprint density at radius 2 is 2.00 bits per heavy atom. The molecule has 2 rings (SSSR count). The minimum atomic E-state index is -0.197. The maximum Gasteiger partial charge on any atom is 0.240 e. The van der Waals surface area contributed by atoms with Crippen molar-refractivity contribution in [1.82, 2.24) is 15.3 Å². The van der Waals surface area contributed by atoms with Crippen LogP contribution in [-0.2, 0) is 0 Å². The molecule has 2 aromatic rings. The van der Waals surface area contributed by atoms with Crippen molar-refractivity contribution in [3.05, 3.63) is 46.7 Å². The number of rotatable bonds is 6. The zero-order chi connectivity index (χ0) is 15.2. The minimum Gasteiger partial charge on any atom is -0.480 e. The lowest BCUT2D eigenvalue weighted by molar-refractivity contribution is 0.352. The molecule has 21 heavy (non-hydrogen) atoms. The maximum absolute atomic E-state index is 6.31. The van der Waals surface area contributed by atoms with E-state index in [-0.39, 0.29) is 6.04 Å². The van der Waals surface area contributed by atoms with E-state index >= 15 is 0 Å². The van der Waals surface area contributed by atoms with Gasteiger partial charge in [0.05, 0.1) is 26.5 Å². The molecule has 1 aromatic heterocycles. The van der Waals surface area contributed by atoms with Crippen molar-refractivity contribution in [3.63, 3.8) is 0 Å². The molecule has 0 bridgehead atoms. The Morgan fingerprint density at radius 3 is 2.62 bits per heavy atom. The Kier molecular flexibility index (Phi) is 5.36. The summed E-state index contributed by atoms with van der Waals surface area (Å²) in [5, 5.41) is 4.03. The van der Waals surface area contributed by atoms with E-state index in [9.17, 15) is 0 Å². The van der Waals surface area contributed by atoms with Crippen LogP contribution in [0.4, 0.5) is 0 Å². The van der Waals surface area contributed by atoms with E-state index in [0.717, 1.165) is 12.1 Å². The van der Waals surface area contributed by atoms with Gasteiger partial charge >= 0.3 is 0 Å². The Labute approximate surface area is 129 Å². The number of ether oxygens (including phenoxy) is 2. The molecule has 0 aliphatic rings. The summed E-state index contributed by atoms with van der Waals surface area (Å²) in [6.07, 6.45) is 1.57. The molecule has 1 N–H and O–H groups in total. The van der Waals surface area contributed by atoms with Crippen LogP contribution in [0.5, 0.6) is 11.8 Å². The van der Waals surface area contributed by atoms with Crippen LogP contribution in [0.25, 0.3) is 0 Å². The summed E-state index contributed by atoms with van der Waals surface area (Å²) in [6.45, 7) is 2.78. The molecule has 6 heteroatoms. The van der Waals surface area contributed by atoms with Crippen LogP contribution in [0.15, 0.2) is 30.5 Å². The summed E-state index contributed by atoms with van der Waals surface area (Å²) in [5.74, 6) is 0.824. The van der Waals surface area contributed by atoms with Gasteiger partial charge in [-0.2, -0.15) is 4.98 Å². The highest BCUT2D eigenvalue weighted by Gasteiger charge is 2.22. The first-order valence-electron chi connectivity index (χ1n) is 6.64. The van der Waals surface area contributed by atoms with Crippen LogP contribution in [0, 0.1) is 0 Å². The molecule has 1 atom stereocenters. The minimum absolute atomic E-state index is 0.197. The molecule has 0 radical (unpaired) electrons. The van der Waals surface area contributed by atoms with Crippen molar-refractivity contribution in [2.45, 2.75) is 13.0 Å². The van der Waals surface area contributed by atoms with Gasteiger partial charge in [-0.1, -0.05) is 36.7 Å². The first-order chi connectivity index (χ1) is 10.2. The number of methoxy groups -OCH3 is 2. The molecular weight excluding hydrogens is 290 g/mol. The molecule has 0 aliphatic heterocycles. The third-order valence-corrected chi connectivity index (χ3v) is 3.39. The van der Waals surface area contributed by atoms with Gasteiger partial charge in [-0.25, -0.2) is 4.98 Å². The van der Waals surface area contributed by atoms with Gasteiger partial charge in [-0.3, -0.25) is 0 Å². The SMILES string of the molecule is CCNC(c1ccccc1Cl)c1ncc(OC)nc1OC. The highest BCUT2D eigenvalue weighted by atomic mass is 35.5. The van der Waals surface area contributed by atoms with Gasteiger partial charge in [0, 0.05) is 5.02 Å². The zero-order valence-electron chi connectivity index (χ0n) is 12.3. The average Bonchev–Trinajstić information content (AvgIpc) is 2.53. The topological polar surface area (TPSA) is 56.3 Å². The van der Waals surface area contributed by atoms with Crippen LogP contribution >= 0.6 is 11.6 Å². The molecule has 0 spiro atoms. The lowest BCUT2D eigenvalue weighted by atomic mass is 10.0. The second kappa shape index (κ2) is 7.24. The van der Waals surface area contributed by atoms with Gasteiger partial charge in [-0.15, -0.1) is 0 Å². The number of hydrogen-bond acceptors (Lipinski definition) is 5. The van der Waals surface area contributed by atoms with Crippen LogP contribution in [-0.4, -0.2) is 30.7 Å². The Hall–Kier alpha value is -1.85. The molecule has 1 heterocycles. The predicted octanol–water partition coefficient (Wildman–Crippen LogP) is 2.85. The van der Waals surface area contributed by atoms with E-state index in [2.05, 4.69) is 15.3 Å². The monoisotopic (exact) mass is 307 g/mol. The molecule has 1 aromatic carbocycles. The van der Waals surface area contributed by atoms with Crippen molar-refractivity contribution in [1.29, 1.82) is 0 Å². The van der Waals surface area contributed by atoms with Crippen LogP contribution in [0.3, 0.4) is 0 Å². The van der Waals surface area contributed by atoms with E-state index in [1.165, 1.54) is 0 Å². The van der Waals surface area contributed by atoms with E-state index in [0.29, 0.717) is 22.5 Å². The zero-order valence-corrected chi connectivity index (χ0v) is 13.0. The van der Waals surface area contributed by atoms with Crippen molar-refractivity contribution in [2.75, 3.05) is 20.8 Å². The fraction of sp³-hybridized carbons (Fsp3) is 0.333. The van der Waals surface area contributed by atoms with Crippen LogP contribution in [0.1, 0.15) is 24.2 Å². The number of benzene rings is 1. The molecule has 0 amide bonds. The number of aromatic nitrogens is 2. The van der Waals surface area contributed by atoms with E-state index in [1.807, 2.05) is 31.2 Å². The third kappa shape index (κ3) is 3.43. The molecule has 112 valence electrons. The second-order valence-electron chi connectivity index (χ2n) is 4.32. The lowest BCUT2D eigenvalue weighted by Crippen LogP contribution is -2.24. The maximum atomic E-state index is 6.31. The number of halogens is 1. The first kappa shape index (κ1) is 15.5. The van der Waals surface area contributed by atoms with Crippen molar-refractivity contribution in [3.8, 4) is 11.8 Å². The Bertz CT molecular complexity index is 607. The highest BCUT2D eigenvalue weighted by molar-refractivity contribution is 6.31. The van der Waals surface area contributed by atoms with E-state index in [1.54, 1.807) is 20.4 Å². The molecule has 5 nitrogen and oxygen atoms in total. The summed E-state index contributed by atoms with van der Waals surface area (Å²) in [7, 11) is 3.10.